The molecule has 1 saturated heterocycles. The lowest BCUT2D eigenvalue weighted by atomic mass is 10.2. The number of para-hydroxylation sites is 1. The van der Waals surface area contributed by atoms with Gasteiger partial charge in [-0.1, -0.05) is 23.7 Å². The van der Waals surface area contributed by atoms with E-state index in [0.717, 1.165) is 5.69 Å². The molecule has 0 spiro atoms. The fourth-order valence-electron chi connectivity index (χ4n) is 2.87. The van der Waals surface area contributed by atoms with Crippen LogP contribution in [-0.2, 0) is 11.3 Å². The van der Waals surface area contributed by atoms with Crippen molar-refractivity contribution in [3.05, 3.63) is 46.7 Å². The molecule has 1 fully saturated rings. The molecular weight excluding hydrogens is 328 g/mol. The minimum Gasteiger partial charge on any atom is -0.326 e. The van der Waals surface area contributed by atoms with Crippen LogP contribution < -0.4 is 4.90 Å². The summed E-state index contributed by atoms with van der Waals surface area (Å²) in [7, 11) is 0. The van der Waals surface area contributed by atoms with Gasteiger partial charge < -0.3 is 9.80 Å². The Morgan fingerprint density at radius 3 is 2.67 bits per heavy atom. The summed E-state index contributed by atoms with van der Waals surface area (Å²) in [5, 5.41) is 4.83. The molecule has 24 heavy (non-hydrogen) atoms. The number of halogens is 1. The summed E-state index contributed by atoms with van der Waals surface area (Å²) in [6.07, 6.45) is 0. The van der Waals surface area contributed by atoms with Gasteiger partial charge in [0.2, 0.25) is 5.91 Å². The van der Waals surface area contributed by atoms with Gasteiger partial charge in [0.25, 0.3) is 5.91 Å². The maximum absolute atomic E-state index is 12.6. The van der Waals surface area contributed by atoms with Crippen LogP contribution in [0.15, 0.2) is 30.3 Å². The number of aryl methyl sites for hydroxylation is 2. The second kappa shape index (κ2) is 6.65. The molecule has 0 N–H and O–H groups in total. The number of benzene rings is 1. The van der Waals surface area contributed by atoms with E-state index < -0.39 is 0 Å². The monoisotopic (exact) mass is 346 g/mol. The van der Waals surface area contributed by atoms with E-state index in [4.69, 9.17) is 11.6 Å². The van der Waals surface area contributed by atoms with Gasteiger partial charge in [0.1, 0.15) is 6.54 Å². The topological polar surface area (TPSA) is 58.4 Å². The summed E-state index contributed by atoms with van der Waals surface area (Å²) in [6, 6.07) is 8.98. The molecular formula is C17H19ClN4O2. The van der Waals surface area contributed by atoms with Gasteiger partial charge in [-0.05, 0) is 32.0 Å². The van der Waals surface area contributed by atoms with Crippen molar-refractivity contribution in [3.8, 4) is 0 Å². The zero-order valence-electron chi connectivity index (χ0n) is 13.7. The maximum atomic E-state index is 12.6. The molecule has 0 unspecified atom stereocenters. The van der Waals surface area contributed by atoms with Gasteiger partial charge in [-0.3, -0.25) is 14.3 Å². The van der Waals surface area contributed by atoms with Gasteiger partial charge in [0.05, 0.1) is 10.7 Å². The number of hydrogen-bond acceptors (Lipinski definition) is 3. The second-order valence-corrected chi connectivity index (χ2v) is 6.12. The van der Waals surface area contributed by atoms with Crippen molar-refractivity contribution in [1.29, 1.82) is 0 Å². The van der Waals surface area contributed by atoms with Crippen LogP contribution in [0.3, 0.4) is 0 Å². The molecule has 1 aromatic heterocycles. The van der Waals surface area contributed by atoms with E-state index in [-0.39, 0.29) is 18.4 Å². The first-order chi connectivity index (χ1) is 11.5. The third kappa shape index (κ3) is 3.01. The Labute approximate surface area is 145 Å². The SMILES string of the molecule is CCn1nc(C(=O)N2CCN(c3ccccc3Cl)C(=O)C2)cc1C. The van der Waals surface area contributed by atoms with Crippen LogP contribution in [-0.4, -0.2) is 46.1 Å². The quantitative estimate of drug-likeness (QED) is 0.857. The van der Waals surface area contributed by atoms with Crippen LogP contribution >= 0.6 is 11.6 Å². The number of aromatic nitrogens is 2. The van der Waals surface area contributed by atoms with E-state index in [1.807, 2.05) is 32.0 Å². The first-order valence-electron chi connectivity index (χ1n) is 7.90. The van der Waals surface area contributed by atoms with Gasteiger partial charge in [0.15, 0.2) is 5.69 Å². The smallest absolute Gasteiger partial charge is 0.274 e. The molecule has 2 heterocycles. The molecule has 0 bridgehead atoms. The van der Waals surface area contributed by atoms with Crippen molar-refractivity contribution in [1.82, 2.24) is 14.7 Å². The molecule has 0 saturated carbocycles. The number of piperazine rings is 1. The van der Waals surface area contributed by atoms with Crippen molar-refractivity contribution in [2.45, 2.75) is 20.4 Å². The summed E-state index contributed by atoms with van der Waals surface area (Å²) in [6.45, 7) is 5.49. The number of anilines is 1. The molecule has 1 aromatic carbocycles. The van der Waals surface area contributed by atoms with Gasteiger partial charge >= 0.3 is 0 Å². The van der Waals surface area contributed by atoms with Crippen LogP contribution in [0.5, 0.6) is 0 Å². The number of amides is 2. The Balaban J connectivity index is 1.74. The summed E-state index contributed by atoms with van der Waals surface area (Å²) in [5.74, 6) is -0.355. The van der Waals surface area contributed by atoms with Gasteiger partial charge in [0, 0.05) is 25.3 Å². The summed E-state index contributed by atoms with van der Waals surface area (Å²) >= 11 is 6.17. The molecule has 126 valence electrons. The molecule has 0 atom stereocenters. The van der Waals surface area contributed by atoms with E-state index in [1.54, 1.807) is 21.7 Å². The van der Waals surface area contributed by atoms with Crippen molar-refractivity contribution in [2.24, 2.45) is 0 Å². The Morgan fingerprint density at radius 2 is 2.04 bits per heavy atom. The van der Waals surface area contributed by atoms with Gasteiger partial charge in [-0.2, -0.15) is 5.10 Å². The molecule has 3 rings (SSSR count). The van der Waals surface area contributed by atoms with E-state index in [1.165, 1.54) is 4.90 Å². The molecule has 1 aliphatic rings. The molecule has 7 heteroatoms. The number of nitrogens with zero attached hydrogens (tertiary/aromatic N) is 4. The van der Waals surface area contributed by atoms with Crippen molar-refractivity contribution in [2.75, 3.05) is 24.5 Å². The number of carbonyl (C=O) groups excluding carboxylic acids is 2. The van der Waals surface area contributed by atoms with Crippen LogP contribution in [0.2, 0.25) is 5.02 Å². The van der Waals surface area contributed by atoms with Gasteiger partial charge in [-0.15, -0.1) is 0 Å². The van der Waals surface area contributed by atoms with Crippen LogP contribution in [0, 0.1) is 6.92 Å². The first kappa shape index (κ1) is 16.5. The Bertz CT molecular complexity index is 787. The fraction of sp³-hybridized carbons (Fsp3) is 0.353. The largest absolute Gasteiger partial charge is 0.326 e. The summed E-state index contributed by atoms with van der Waals surface area (Å²) in [4.78, 5) is 28.2. The van der Waals surface area contributed by atoms with Crippen molar-refractivity contribution < 1.29 is 9.59 Å². The molecule has 0 radical (unpaired) electrons. The second-order valence-electron chi connectivity index (χ2n) is 5.71. The number of carbonyl (C=O) groups is 2. The normalized spacial score (nSPS) is 15.0. The van der Waals surface area contributed by atoms with E-state index in [0.29, 0.717) is 36.0 Å². The van der Waals surface area contributed by atoms with E-state index in [2.05, 4.69) is 5.10 Å². The zero-order valence-corrected chi connectivity index (χ0v) is 14.5. The zero-order chi connectivity index (χ0) is 17.3. The van der Waals surface area contributed by atoms with Crippen LogP contribution in [0.1, 0.15) is 23.1 Å². The van der Waals surface area contributed by atoms with Crippen molar-refractivity contribution >= 4 is 29.1 Å². The van der Waals surface area contributed by atoms with Crippen LogP contribution in [0.25, 0.3) is 0 Å². The standard InChI is InChI=1S/C17H19ClN4O2/c1-3-22-12(2)10-14(19-22)17(24)20-8-9-21(16(23)11-20)15-7-5-4-6-13(15)18/h4-7,10H,3,8-9,11H2,1-2H3. The molecule has 2 aromatic rings. The minimum atomic E-state index is -0.211. The van der Waals surface area contributed by atoms with E-state index >= 15 is 0 Å². The fourth-order valence-corrected chi connectivity index (χ4v) is 3.11. The summed E-state index contributed by atoms with van der Waals surface area (Å²) in [5.41, 5.74) is 2.00. The highest BCUT2D eigenvalue weighted by Gasteiger charge is 2.30. The molecule has 0 aliphatic carbocycles. The highest BCUT2D eigenvalue weighted by molar-refractivity contribution is 6.33. The molecule has 1 aliphatic heterocycles. The predicted molar refractivity (Wildman–Crippen MR) is 92.3 cm³/mol. The molecule has 2 amide bonds. The minimum absolute atomic E-state index is 0.0299. The Kier molecular flexibility index (Phi) is 4.57. The number of hydrogen-bond donors (Lipinski definition) is 0. The Morgan fingerprint density at radius 1 is 1.29 bits per heavy atom. The van der Waals surface area contributed by atoms with Crippen LogP contribution in [0.4, 0.5) is 5.69 Å². The lowest BCUT2D eigenvalue weighted by Crippen LogP contribution is -2.52. The van der Waals surface area contributed by atoms with E-state index in [9.17, 15) is 9.59 Å². The highest BCUT2D eigenvalue weighted by Crippen LogP contribution is 2.26. The maximum Gasteiger partial charge on any atom is 0.274 e. The first-order valence-corrected chi connectivity index (χ1v) is 8.27. The third-order valence-corrected chi connectivity index (χ3v) is 4.47. The lowest BCUT2D eigenvalue weighted by Gasteiger charge is -2.34. The average Bonchev–Trinajstić information content (AvgIpc) is 2.96. The predicted octanol–water partition coefficient (Wildman–Crippen LogP) is 2.35. The lowest BCUT2D eigenvalue weighted by molar-refractivity contribution is -0.120. The molecule has 6 nitrogen and oxygen atoms in total. The highest BCUT2D eigenvalue weighted by atomic mass is 35.5. The van der Waals surface area contributed by atoms with Gasteiger partial charge in [-0.25, -0.2) is 0 Å². The number of rotatable bonds is 3. The average molecular weight is 347 g/mol. The third-order valence-electron chi connectivity index (χ3n) is 4.15. The van der Waals surface area contributed by atoms with Crippen molar-refractivity contribution in [3.63, 3.8) is 0 Å². The Hall–Kier alpha value is -2.34. The summed E-state index contributed by atoms with van der Waals surface area (Å²) < 4.78 is 1.77.